The van der Waals surface area contributed by atoms with Gasteiger partial charge in [-0.25, -0.2) is 4.98 Å². The van der Waals surface area contributed by atoms with Crippen molar-refractivity contribution >= 4 is 24.8 Å². The lowest BCUT2D eigenvalue weighted by atomic mass is 10.00. The van der Waals surface area contributed by atoms with Crippen LogP contribution in [0.25, 0.3) is 16.9 Å². The highest BCUT2D eigenvalue weighted by atomic mass is 15.3. The first-order valence-electron chi connectivity index (χ1n) is 12.1. The quantitative estimate of drug-likeness (QED) is 0.450. The molecule has 0 radical (unpaired) electrons. The highest BCUT2D eigenvalue weighted by molar-refractivity contribution is 6.36. The minimum atomic E-state index is 0.454. The van der Waals surface area contributed by atoms with E-state index in [0.29, 0.717) is 6.04 Å². The Hall–Kier alpha value is -3.12. The second-order valence-electron chi connectivity index (χ2n) is 9.25. The van der Waals surface area contributed by atoms with Crippen LogP contribution in [-0.2, 0) is 6.42 Å². The Kier molecular flexibility index (Phi) is 6.45. The molecule has 0 spiro atoms. The molecule has 2 aromatic heterocycles. The molecule has 2 aromatic carbocycles. The molecule has 1 saturated heterocycles. The van der Waals surface area contributed by atoms with E-state index < -0.39 is 0 Å². The first kappa shape index (κ1) is 21.7. The van der Waals surface area contributed by atoms with Crippen LogP contribution in [0.5, 0.6) is 0 Å². The summed E-state index contributed by atoms with van der Waals surface area (Å²) in [5, 5.41) is 8.41. The maximum absolute atomic E-state index is 4.94. The van der Waals surface area contributed by atoms with Gasteiger partial charge in [-0.3, -0.25) is 0 Å². The van der Waals surface area contributed by atoms with Crippen LogP contribution in [0.2, 0.25) is 0 Å². The van der Waals surface area contributed by atoms with Gasteiger partial charge in [-0.05, 0) is 55.7 Å². The zero-order chi connectivity index (χ0) is 22.6. The fraction of sp³-hybridized carbons (Fsp3) is 0.333. The number of likely N-dealkylation sites (tertiary alicyclic amines) is 1. The number of hydrogen-bond acceptors (Lipinski definition) is 4. The van der Waals surface area contributed by atoms with Crippen molar-refractivity contribution in [2.75, 3.05) is 25.0 Å². The smallest absolute Gasteiger partial charge is 0.151 e. The van der Waals surface area contributed by atoms with Gasteiger partial charge in [0.15, 0.2) is 5.65 Å². The van der Waals surface area contributed by atoms with Crippen molar-refractivity contribution in [2.45, 2.75) is 38.6 Å². The van der Waals surface area contributed by atoms with Gasteiger partial charge in [0, 0.05) is 37.0 Å². The molecule has 1 aliphatic heterocycles. The van der Waals surface area contributed by atoms with Gasteiger partial charge < -0.3 is 10.2 Å². The number of nitrogens with zero attached hydrogens (tertiary/aromatic N) is 4. The van der Waals surface area contributed by atoms with Crippen molar-refractivity contribution in [3.05, 3.63) is 78.0 Å². The molecule has 0 saturated carbocycles. The standard InChI is InChI=1S/C27H32BN5/c1-20-8-5-6-12-23(20)25-18-26(33-27(31-25)24(28)19-29-33)30-22-13-16-32(17-14-22)15-7-11-21-9-3-2-4-10-21/h2-6,8-10,12,18-19,22,30H,7,11,13-17,28H2,1H3. The number of nitrogens with one attached hydrogen (secondary N) is 1. The van der Waals surface area contributed by atoms with Crippen LogP contribution >= 0.6 is 0 Å². The number of rotatable bonds is 7. The van der Waals surface area contributed by atoms with E-state index in [4.69, 9.17) is 4.98 Å². The molecular formula is C27H32BN5. The molecule has 1 N–H and O–H groups in total. The van der Waals surface area contributed by atoms with Gasteiger partial charge in [0.05, 0.1) is 5.69 Å². The van der Waals surface area contributed by atoms with Crippen LogP contribution in [-0.4, -0.2) is 53.0 Å². The van der Waals surface area contributed by atoms with Gasteiger partial charge >= 0.3 is 0 Å². The van der Waals surface area contributed by atoms with E-state index >= 15 is 0 Å². The predicted octanol–water partition coefficient (Wildman–Crippen LogP) is 3.47. The van der Waals surface area contributed by atoms with Crippen LogP contribution in [0.3, 0.4) is 0 Å². The Balaban J connectivity index is 1.25. The van der Waals surface area contributed by atoms with E-state index in [9.17, 15) is 0 Å². The number of fused-ring (bicyclic) bond motifs is 1. The summed E-state index contributed by atoms with van der Waals surface area (Å²) in [4.78, 5) is 7.55. The second kappa shape index (κ2) is 9.80. The van der Waals surface area contributed by atoms with Crippen LogP contribution in [0.4, 0.5) is 5.82 Å². The number of anilines is 1. The minimum absolute atomic E-state index is 0.454. The molecule has 0 amide bonds. The van der Waals surface area contributed by atoms with Crippen molar-refractivity contribution in [1.82, 2.24) is 19.5 Å². The van der Waals surface area contributed by atoms with E-state index in [1.165, 1.54) is 29.7 Å². The topological polar surface area (TPSA) is 45.5 Å². The first-order valence-corrected chi connectivity index (χ1v) is 12.1. The molecule has 1 aliphatic rings. The van der Waals surface area contributed by atoms with E-state index in [1.54, 1.807) is 0 Å². The Bertz CT molecular complexity index is 1210. The summed E-state index contributed by atoms with van der Waals surface area (Å²) in [5.41, 5.74) is 6.89. The van der Waals surface area contributed by atoms with Crippen molar-refractivity contribution < 1.29 is 0 Å². The molecule has 168 valence electrons. The Morgan fingerprint density at radius 2 is 1.79 bits per heavy atom. The SMILES string of the molecule is Bc1cnn2c(NC3CCN(CCCc4ccccc4)CC3)cc(-c3ccccc3C)nc12. The zero-order valence-corrected chi connectivity index (χ0v) is 19.7. The van der Waals surface area contributed by atoms with Gasteiger partial charge in [0.1, 0.15) is 13.7 Å². The predicted molar refractivity (Wildman–Crippen MR) is 139 cm³/mol. The summed E-state index contributed by atoms with van der Waals surface area (Å²) in [6.45, 7) is 5.61. The second-order valence-corrected chi connectivity index (χ2v) is 9.25. The average Bonchev–Trinajstić information content (AvgIpc) is 3.22. The number of benzene rings is 2. The highest BCUT2D eigenvalue weighted by Crippen LogP contribution is 2.26. The van der Waals surface area contributed by atoms with E-state index in [0.717, 1.165) is 55.0 Å². The Morgan fingerprint density at radius 3 is 2.58 bits per heavy atom. The minimum Gasteiger partial charge on any atom is -0.367 e. The van der Waals surface area contributed by atoms with Gasteiger partial charge in [-0.2, -0.15) is 9.61 Å². The summed E-state index contributed by atoms with van der Waals surface area (Å²) in [6.07, 6.45) is 6.59. The molecule has 0 unspecified atom stereocenters. The molecule has 0 atom stereocenters. The lowest BCUT2D eigenvalue weighted by molar-refractivity contribution is 0.216. The molecular weight excluding hydrogens is 405 g/mol. The van der Waals surface area contributed by atoms with E-state index in [-0.39, 0.29) is 0 Å². The third-order valence-electron chi connectivity index (χ3n) is 6.79. The fourth-order valence-corrected chi connectivity index (χ4v) is 4.84. The largest absolute Gasteiger partial charge is 0.367 e. The van der Waals surface area contributed by atoms with Crippen LogP contribution < -0.4 is 10.8 Å². The van der Waals surface area contributed by atoms with Crippen molar-refractivity contribution in [3.63, 3.8) is 0 Å². The van der Waals surface area contributed by atoms with E-state index in [2.05, 4.69) is 90.7 Å². The number of piperidine rings is 1. The summed E-state index contributed by atoms with van der Waals surface area (Å²) >= 11 is 0. The molecule has 0 bridgehead atoms. The molecule has 3 heterocycles. The summed E-state index contributed by atoms with van der Waals surface area (Å²) in [6, 6.07) is 21.9. The van der Waals surface area contributed by atoms with Gasteiger partial charge in [-0.15, -0.1) is 0 Å². The van der Waals surface area contributed by atoms with E-state index in [1.807, 2.05) is 10.7 Å². The molecule has 5 rings (SSSR count). The Labute approximate surface area is 197 Å². The lowest BCUT2D eigenvalue weighted by Crippen LogP contribution is -2.40. The maximum atomic E-state index is 4.94. The highest BCUT2D eigenvalue weighted by Gasteiger charge is 2.21. The average molecular weight is 437 g/mol. The van der Waals surface area contributed by atoms with Crippen LogP contribution in [0, 0.1) is 6.92 Å². The lowest BCUT2D eigenvalue weighted by Gasteiger charge is -2.33. The van der Waals surface area contributed by atoms with Crippen molar-refractivity contribution in [2.24, 2.45) is 0 Å². The molecule has 1 fully saturated rings. The zero-order valence-electron chi connectivity index (χ0n) is 19.7. The molecule has 5 nitrogen and oxygen atoms in total. The summed E-state index contributed by atoms with van der Waals surface area (Å²) in [5.74, 6) is 1.04. The molecule has 4 aromatic rings. The third-order valence-corrected chi connectivity index (χ3v) is 6.79. The maximum Gasteiger partial charge on any atom is 0.151 e. The van der Waals surface area contributed by atoms with Crippen molar-refractivity contribution in [3.8, 4) is 11.3 Å². The molecule has 33 heavy (non-hydrogen) atoms. The monoisotopic (exact) mass is 437 g/mol. The third kappa shape index (κ3) is 4.96. The summed E-state index contributed by atoms with van der Waals surface area (Å²) < 4.78 is 1.96. The van der Waals surface area contributed by atoms with Crippen LogP contribution in [0.1, 0.15) is 30.4 Å². The summed E-state index contributed by atoms with van der Waals surface area (Å²) in [7, 11) is 2.08. The van der Waals surface area contributed by atoms with Gasteiger partial charge in [0.25, 0.3) is 0 Å². The fourth-order valence-electron chi connectivity index (χ4n) is 4.84. The number of aryl methyl sites for hydroxylation is 2. The van der Waals surface area contributed by atoms with Crippen LogP contribution in [0.15, 0.2) is 66.9 Å². The number of hydrogen-bond donors (Lipinski definition) is 1. The number of aromatic nitrogens is 3. The first-order chi connectivity index (χ1) is 16.2. The van der Waals surface area contributed by atoms with Gasteiger partial charge in [0.2, 0.25) is 0 Å². The Morgan fingerprint density at radius 1 is 1.03 bits per heavy atom. The van der Waals surface area contributed by atoms with Gasteiger partial charge in [-0.1, -0.05) is 54.6 Å². The van der Waals surface area contributed by atoms with Crippen molar-refractivity contribution in [1.29, 1.82) is 0 Å². The normalized spacial score (nSPS) is 15.2. The molecule has 0 aliphatic carbocycles. The molecule has 6 heteroatoms.